The van der Waals surface area contributed by atoms with E-state index in [4.69, 9.17) is 5.11 Å². The van der Waals surface area contributed by atoms with Gasteiger partial charge in [0.05, 0.1) is 17.1 Å². The number of aliphatic hydroxyl groups excluding tert-OH is 1. The van der Waals surface area contributed by atoms with Gasteiger partial charge in [-0.3, -0.25) is 4.98 Å². The molecule has 0 aromatic carbocycles. The van der Waals surface area contributed by atoms with Crippen LogP contribution in [0.5, 0.6) is 0 Å². The first-order chi connectivity index (χ1) is 5.25. The zero-order valence-corrected chi connectivity index (χ0v) is 7.87. The number of hydrogen-bond donors (Lipinski definition) is 1. The minimum atomic E-state index is -0.0382. The Kier molecular flexibility index (Phi) is 3.02. The highest BCUT2D eigenvalue weighted by Gasteiger charge is 2.08. The Bertz CT molecular complexity index is 239. The van der Waals surface area contributed by atoms with Gasteiger partial charge in [0.25, 0.3) is 0 Å². The lowest BCUT2D eigenvalue weighted by molar-refractivity contribution is 0.296. The van der Waals surface area contributed by atoms with Gasteiger partial charge in [0.2, 0.25) is 0 Å². The number of aromatic nitrogens is 1. The fourth-order valence-electron chi connectivity index (χ4n) is 0.912. The van der Waals surface area contributed by atoms with Crippen molar-refractivity contribution in [1.29, 1.82) is 0 Å². The molecule has 1 aromatic rings. The van der Waals surface area contributed by atoms with Crippen LogP contribution in [0.1, 0.15) is 16.1 Å². The van der Waals surface area contributed by atoms with Crippen LogP contribution in [0.2, 0.25) is 0 Å². The van der Waals surface area contributed by atoms with Gasteiger partial charge in [0.1, 0.15) is 0 Å². The number of alkyl halides is 1. The average Bonchev–Trinajstić information content (AvgIpc) is 2.04. The number of nitrogens with zero attached hydrogens (tertiary/aromatic N) is 1. The molecule has 0 amide bonds. The lowest BCUT2D eigenvalue weighted by Crippen LogP contribution is -2.00. The second kappa shape index (κ2) is 3.83. The fourth-order valence-corrected chi connectivity index (χ4v) is 1.39. The summed E-state index contributed by atoms with van der Waals surface area (Å²) in [6, 6.07) is 3.86. The Hall–Kier alpha value is -0.410. The quantitative estimate of drug-likeness (QED) is 0.765. The van der Waals surface area contributed by atoms with Crippen LogP contribution < -0.4 is 0 Å². The largest absolute Gasteiger partial charge is 0.395 e. The zero-order chi connectivity index (χ0) is 8.27. The molecule has 0 aliphatic heterocycles. The van der Waals surface area contributed by atoms with Crippen LogP contribution in [0.3, 0.4) is 0 Å². The minimum Gasteiger partial charge on any atom is -0.395 e. The molecule has 1 heterocycles. The van der Waals surface area contributed by atoms with Gasteiger partial charge in [-0.15, -0.1) is 0 Å². The number of aryl methyl sites for hydroxylation is 1. The van der Waals surface area contributed by atoms with Crippen LogP contribution in [0.25, 0.3) is 0 Å². The highest BCUT2D eigenvalue weighted by atomic mass is 79.9. The van der Waals surface area contributed by atoms with Gasteiger partial charge < -0.3 is 5.11 Å². The van der Waals surface area contributed by atoms with E-state index in [0.717, 1.165) is 11.3 Å². The van der Waals surface area contributed by atoms with E-state index < -0.39 is 0 Å². The molecule has 0 aliphatic carbocycles. The number of aliphatic hydroxyl groups is 1. The third-order valence-corrected chi connectivity index (χ3v) is 2.23. The van der Waals surface area contributed by atoms with Crippen LogP contribution in [0.15, 0.2) is 18.3 Å². The van der Waals surface area contributed by atoms with Crippen molar-refractivity contribution in [2.24, 2.45) is 0 Å². The molecule has 3 heteroatoms. The maximum Gasteiger partial charge on any atom is 0.0801 e. The smallest absolute Gasteiger partial charge is 0.0801 e. The van der Waals surface area contributed by atoms with Crippen molar-refractivity contribution < 1.29 is 5.11 Å². The summed E-state index contributed by atoms with van der Waals surface area (Å²) >= 11 is 3.32. The summed E-state index contributed by atoms with van der Waals surface area (Å²) in [5.74, 6) is 0. The van der Waals surface area contributed by atoms with Gasteiger partial charge in [-0.1, -0.05) is 22.0 Å². The topological polar surface area (TPSA) is 33.1 Å². The maximum atomic E-state index is 8.83. The summed E-state index contributed by atoms with van der Waals surface area (Å²) < 4.78 is 0. The van der Waals surface area contributed by atoms with Gasteiger partial charge in [-0.05, 0) is 18.6 Å². The van der Waals surface area contributed by atoms with Crippen molar-refractivity contribution in [2.75, 3.05) is 6.61 Å². The van der Waals surface area contributed by atoms with Crippen molar-refractivity contribution >= 4 is 15.9 Å². The molecule has 11 heavy (non-hydrogen) atoms. The zero-order valence-electron chi connectivity index (χ0n) is 6.29. The standard InChI is InChI=1S/C8H10BrNO/c1-6-3-2-4-10-8(6)7(9)5-11/h2-4,7,11H,5H2,1H3. The van der Waals surface area contributed by atoms with Crippen LogP contribution in [-0.4, -0.2) is 16.7 Å². The number of hydrogen-bond acceptors (Lipinski definition) is 2. The SMILES string of the molecule is Cc1cccnc1C(Br)CO. The van der Waals surface area contributed by atoms with Crippen molar-refractivity contribution in [3.05, 3.63) is 29.6 Å². The van der Waals surface area contributed by atoms with Crippen molar-refractivity contribution in [1.82, 2.24) is 4.98 Å². The first-order valence-corrected chi connectivity index (χ1v) is 4.33. The van der Waals surface area contributed by atoms with Crippen LogP contribution in [-0.2, 0) is 0 Å². The lowest BCUT2D eigenvalue weighted by atomic mass is 10.2. The molecule has 0 saturated carbocycles. The molecular formula is C8H10BrNO. The summed E-state index contributed by atoms with van der Waals surface area (Å²) in [4.78, 5) is 4.10. The van der Waals surface area contributed by atoms with E-state index in [9.17, 15) is 0 Å². The van der Waals surface area contributed by atoms with E-state index in [0.29, 0.717) is 0 Å². The average molecular weight is 216 g/mol. The van der Waals surface area contributed by atoms with E-state index in [2.05, 4.69) is 20.9 Å². The molecule has 0 saturated heterocycles. The normalized spacial score (nSPS) is 13.0. The van der Waals surface area contributed by atoms with Crippen LogP contribution in [0.4, 0.5) is 0 Å². The van der Waals surface area contributed by atoms with Crippen molar-refractivity contribution in [2.45, 2.75) is 11.8 Å². The third-order valence-electron chi connectivity index (χ3n) is 1.51. The van der Waals surface area contributed by atoms with Crippen LogP contribution in [0, 0.1) is 6.92 Å². The van der Waals surface area contributed by atoms with E-state index in [1.165, 1.54) is 0 Å². The number of pyridine rings is 1. The summed E-state index contributed by atoms with van der Waals surface area (Å²) in [6.07, 6.45) is 1.73. The molecule has 1 N–H and O–H groups in total. The summed E-state index contributed by atoms with van der Waals surface area (Å²) in [5.41, 5.74) is 2.01. The van der Waals surface area contributed by atoms with Crippen molar-refractivity contribution in [3.63, 3.8) is 0 Å². The molecule has 1 rings (SSSR count). The fraction of sp³-hybridized carbons (Fsp3) is 0.375. The first-order valence-electron chi connectivity index (χ1n) is 3.42. The lowest BCUT2D eigenvalue weighted by Gasteiger charge is -2.07. The summed E-state index contributed by atoms with van der Waals surface area (Å²) in [5, 5.41) is 8.83. The molecule has 0 spiro atoms. The van der Waals surface area contributed by atoms with Gasteiger partial charge in [0.15, 0.2) is 0 Å². The third kappa shape index (κ3) is 2.01. The molecule has 0 bridgehead atoms. The van der Waals surface area contributed by atoms with Gasteiger partial charge in [-0.2, -0.15) is 0 Å². The molecule has 60 valence electrons. The van der Waals surface area contributed by atoms with Gasteiger partial charge >= 0.3 is 0 Å². The second-order valence-electron chi connectivity index (χ2n) is 2.36. The summed E-state index contributed by atoms with van der Waals surface area (Å²) in [7, 11) is 0. The van der Waals surface area contributed by atoms with E-state index in [1.54, 1.807) is 6.20 Å². The Balaban J connectivity index is 2.93. The molecule has 0 fully saturated rings. The Labute approximate surface area is 74.4 Å². The Morgan fingerprint density at radius 2 is 2.45 bits per heavy atom. The Morgan fingerprint density at radius 1 is 1.73 bits per heavy atom. The highest BCUT2D eigenvalue weighted by Crippen LogP contribution is 2.21. The van der Waals surface area contributed by atoms with Gasteiger partial charge in [0, 0.05) is 6.20 Å². The van der Waals surface area contributed by atoms with E-state index in [-0.39, 0.29) is 11.4 Å². The number of rotatable bonds is 2. The molecule has 0 aliphatic rings. The second-order valence-corrected chi connectivity index (χ2v) is 3.46. The molecule has 1 aromatic heterocycles. The first kappa shape index (κ1) is 8.68. The molecule has 2 nitrogen and oxygen atoms in total. The van der Waals surface area contributed by atoms with Gasteiger partial charge in [-0.25, -0.2) is 0 Å². The molecule has 0 radical (unpaired) electrons. The van der Waals surface area contributed by atoms with E-state index >= 15 is 0 Å². The van der Waals surface area contributed by atoms with Crippen molar-refractivity contribution in [3.8, 4) is 0 Å². The molecule has 1 atom stereocenters. The minimum absolute atomic E-state index is 0.0382. The highest BCUT2D eigenvalue weighted by molar-refractivity contribution is 9.09. The maximum absolute atomic E-state index is 8.83. The van der Waals surface area contributed by atoms with E-state index in [1.807, 2.05) is 19.1 Å². The summed E-state index contributed by atoms with van der Waals surface area (Å²) in [6.45, 7) is 2.06. The molecular weight excluding hydrogens is 206 g/mol. The number of halogens is 1. The predicted octanol–water partition coefficient (Wildman–Crippen LogP) is 1.82. The van der Waals surface area contributed by atoms with Crippen LogP contribution >= 0.6 is 15.9 Å². The Morgan fingerprint density at radius 3 is 3.00 bits per heavy atom. The molecule has 1 unspecified atom stereocenters. The monoisotopic (exact) mass is 215 g/mol. The predicted molar refractivity (Wildman–Crippen MR) is 47.7 cm³/mol.